The van der Waals surface area contributed by atoms with Crippen LogP contribution >= 0.6 is 0 Å². The maximum atomic E-state index is 12.9. The van der Waals surface area contributed by atoms with E-state index in [9.17, 15) is 14.0 Å². The molecule has 0 aliphatic heterocycles. The number of benzene rings is 2. The minimum atomic E-state index is -0.381. The average Bonchev–Trinajstić information content (AvgIpc) is 2.61. The van der Waals surface area contributed by atoms with E-state index in [0.29, 0.717) is 24.2 Å². The van der Waals surface area contributed by atoms with E-state index in [1.165, 1.54) is 24.3 Å². The number of carbonyl (C=O) groups excluding carboxylic acids is 2. The predicted octanol–water partition coefficient (Wildman–Crippen LogP) is 4.27. The van der Waals surface area contributed by atoms with Crippen LogP contribution < -0.4 is 10.6 Å². The van der Waals surface area contributed by atoms with E-state index in [1.807, 2.05) is 18.2 Å². The van der Waals surface area contributed by atoms with Crippen LogP contribution in [0.25, 0.3) is 0 Å². The van der Waals surface area contributed by atoms with Crippen LogP contribution in [0.15, 0.2) is 48.5 Å². The first kappa shape index (κ1) is 18.6. The van der Waals surface area contributed by atoms with Crippen LogP contribution in [0.3, 0.4) is 0 Å². The Hall–Kier alpha value is -2.69. The van der Waals surface area contributed by atoms with Crippen molar-refractivity contribution in [3.8, 4) is 0 Å². The molecule has 0 radical (unpaired) electrons. The van der Waals surface area contributed by atoms with E-state index in [2.05, 4.69) is 17.6 Å². The topological polar surface area (TPSA) is 58.2 Å². The van der Waals surface area contributed by atoms with E-state index in [4.69, 9.17) is 0 Å². The molecule has 25 heavy (non-hydrogen) atoms. The summed E-state index contributed by atoms with van der Waals surface area (Å²) in [5, 5.41) is 5.66. The smallest absolute Gasteiger partial charge is 0.255 e. The molecular formula is C20H23FN2O2. The number of carbonyl (C=O) groups is 2. The lowest BCUT2D eigenvalue weighted by molar-refractivity contribution is -0.121. The monoisotopic (exact) mass is 342 g/mol. The number of halogens is 1. The Morgan fingerprint density at radius 2 is 1.80 bits per heavy atom. The largest absolute Gasteiger partial charge is 0.352 e. The van der Waals surface area contributed by atoms with Gasteiger partial charge in [0.2, 0.25) is 5.91 Å². The summed E-state index contributed by atoms with van der Waals surface area (Å²) in [7, 11) is 0. The molecule has 4 nitrogen and oxygen atoms in total. The molecule has 0 saturated carbocycles. The van der Waals surface area contributed by atoms with Gasteiger partial charge in [-0.15, -0.1) is 0 Å². The van der Waals surface area contributed by atoms with Crippen molar-refractivity contribution in [1.82, 2.24) is 5.32 Å². The zero-order valence-electron chi connectivity index (χ0n) is 14.3. The molecule has 0 bridgehead atoms. The van der Waals surface area contributed by atoms with Gasteiger partial charge in [0.1, 0.15) is 5.82 Å². The molecule has 0 heterocycles. The normalized spacial score (nSPS) is 10.3. The Morgan fingerprint density at radius 3 is 2.52 bits per heavy atom. The van der Waals surface area contributed by atoms with Gasteiger partial charge in [-0.05, 0) is 48.4 Å². The van der Waals surface area contributed by atoms with Gasteiger partial charge in [-0.3, -0.25) is 9.59 Å². The minimum absolute atomic E-state index is 0.0363. The van der Waals surface area contributed by atoms with Gasteiger partial charge >= 0.3 is 0 Å². The Morgan fingerprint density at radius 1 is 1.04 bits per heavy atom. The van der Waals surface area contributed by atoms with E-state index in [-0.39, 0.29) is 17.6 Å². The highest BCUT2D eigenvalue weighted by atomic mass is 19.1. The summed E-state index contributed by atoms with van der Waals surface area (Å²) >= 11 is 0. The van der Waals surface area contributed by atoms with Crippen molar-refractivity contribution in [3.05, 3.63) is 65.5 Å². The zero-order chi connectivity index (χ0) is 18.1. The van der Waals surface area contributed by atoms with Crippen molar-refractivity contribution in [2.45, 2.75) is 39.2 Å². The fraction of sp³-hybridized carbons (Fsp3) is 0.300. The summed E-state index contributed by atoms with van der Waals surface area (Å²) in [6.07, 6.45) is 3.58. The quantitative estimate of drug-likeness (QED) is 0.704. The van der Waals surface area contributed by atoms with Crippen LogP contribution in [0.2, 0.25) is 0 Å². The molecule has 2 rings (SSSR count). The Labute approximate surface area is 147 Å². The molecule has 0 saturated heterocycles. The molecule has 0 spiro atoms. The lowest BCUT2D eigenvalue weighted by Crippen LogP contribution is -2.22. The highest BCUT2D eigenvalue weighted by Crippen LogP contribution is 2.13. The van der Waals surface area contributed by atoms with E-state index in [0.717, 1.165) is 24.8 Å². The van der Waals surface area contributed by atoms with Gasteiger partial charge in [0, 0.05) is 24.2 Å². The third-order valence-corrected chi connectivity index (χ3v) is 3.79. The molecule has 5 heteroatoms. The fourth-order valence-electron chi connectivity index (χ4n) is 2.39. The first-order valence-corrected chi connectivity index (χ1v) is 8.51. The maximum absolute atomic E-state index is 12.9. The second-order valence-corrected chi connectivity index (χ2v) is 5.90. The van der Waals surface area contributed by atoms with Crippen molar-refractivity contribution in [2.24, 2.45) is 0 Å². The molecule has 0 fully saturated rings. The summed E-state index contributed by atoms with van der Waals surface area (Å²) in [4.78, 5) is 23.9. The van der Waals surface area contributed by atoms with Crippen molar-refractivity contribution < 1.29 is 14.0 Å². The number of hydrogen-bond donors (Lipinski definition) is 2. The average molecular weight is 342 g/mol. The predicted molar refractivity (Wildman–Crippen MR) is 96.8 cm³/mol. The first-order chi connectivity index (χ1) is 12.1. The molecule has 2 N–H and O–H groups in total. The Balaban J connectivity index is 1.89. The van der Waals surface area contributed by atoms with Gasteiger partial charge in [0.15, 0.2) is 0 Å². The van der Waals surface area contributed by atoms with E-state index >= 15 is 0 Å². The van der Waals surface area contributed by atoms with Crippen LogP contribution in [0.4, 0.5) is 10.1 Å². The van der Waals surface area contributed by atoms with Gasteiger partial charge in [-0.25, -0.2) is 4.39 Å². The van der Waals surface area contributed by atoms with Crippen molar-refractivity contribution in [2.75, 3.05) is 5.32 Å². The second kappa shape index (κ2) is 9.57. The fourth-order valence-corrected chi connectivity index (χ4v) is 2.39. The molecular weight excluding hydrogens is 319 g/mol. The second-order valence-electron chi connectivity index (χ2n) is 5.90. The molecule has 0 atom stereocenters. The van der Waals surface area contributed by atoms with Crippen LogP contribution in [0.1, 0.15) is 48.5 Å². The van der Waals surface area contributed by atoms with Crippen molar-refractivity contribution in [3.63, 3.8) is 0 Å². The number of hydrogen-bond acceptors (Lipinski definition) is 2. The lowest BCUT2D eigenvalue weighted by Gasteiger charge is -2.09. The van der Waals surface area contributed by atoms with E-state index < -0.39 is 0 Å². The molecule has 2 amide bonds. The SMILES string of the molecule is CCCCCC(=O)NCc1cccc(NC(=O)c2ccc(F)cc2)c1. The molecule has 2 aromatic rings. The minimum Gasteiger partial charge on any atom is -0.352 e. The Kier molecular flexibility index (Phi) is 7.14. The summed E-state index contributed by atoms with van der Waals surface area (Å²) in [6.45, 7) is 2.52. The maximum Gasteiger partial charge on any atom is 0.255 e. The molecule has 0 aromatic heterocycles. The third-order valence-electron chi connectivity index (χ3n) is 3.79. The van der Waals surface area contributed by atoms with Crippen LogP contribution in [0, 0.1) is 5.82 Å². The number of amides is 2. The number of unbranched alkanes of at least 4 members (excludes halogenated alkanes) is 2. The van der Waals surface area contributed by atoms with Crippen LogP contribution in [-0.4, -0.2) is 11.8 Å². The number of nitrogens with one attached hydrogen (secondary N) is 2. The molecule has 2 aromatic carbocycles. The highest BCUT2D eigenvalue weighted by molar-refractivity contribution is 6.04. The molecule has 0 aliphatic carbocycles. The van der Waals surface area contributed by atoms with Gasteiger partial charge in [-0.2, -0.15) is 0 Å². The first-order valence-electron chi connectivity index (χ1n) is 8.51. The third kappa shape index (κ3) is 6.37. The summed E-state index contributed by atoms with van der Waals surface area (Å²) in [5.74, 6) is -0.650. The van der Waals surface area contributed by atoms with Crippen molar-refractivity contribution in [1.29, 1.82) is 0 Å². The summed E-state index contributed by atoms with van der Waals surface area (Å²) in [6, 6.07) is 12.7. The van der Waals surface area contributed by atoms with Crippen LogP contribution in [0.5, 0.6) is 0 Å². The van der Waals surface area contributed by atoms with Crippen LogP contribution in [-0.2, 0) is 11.3 Å². The molecule has 0 unspecified atom stereocenters. The summed E-state index contributed by atoms with van der Waals surface area (Å²) in [5.41, 5.74) is 1.92. The highest BCUT2D eigenvalue weighted by Gasteiger charge is 2.07. The Bertz CT molecular complexity index is 714. The lowest BCUT2D eigenvalue weighted by atomic mass is 10.1. The standard InChI is InChI=1S/C20H23FN2O2/c1-2-3-4-8-19(24)22-14-15-6-5-7-18(13-15)23-20(25)16-9-11-17(21)12-10-16/h5-7,9-13H,2-4,8,14H2,1H3,(H,22,24)(H,23,25). The van der Waals surface area contributed by atoms with E-state index in [1.54, 1.807) is 6.07 Å². The number of rotatable bonds is 8. The van der Waals surface area contributed by atoms with Gasteiger partial charge < -0.3 is 10.6 Å². The van der Waals surface area contributed by atoms with Gasteiger partial charge in [0.05, 0.1) is 0 Å². The van der Waals surface area contributed by atoms with Gasteiger partial charge in [-0.1, -0.05) is 31.9 Å². The molecule has 0 aliphatic rings. The van der Waals surface area contributed by atoms with Crippen molar-refractivity contribution >= 4 is 17.5 Å². The molecule has 132 valence electrons. The van der Waals surface area contributed by atoms with Gasteiger partial charge in [0.25, 0.3) is 5.91 Å². The number of anilines is 1. The zero-order valence-corrected chi connectivity index (χ0v) is 14.3. The summed E-state index contributed by atoms with van der Waals surface area (Å²) < 4.78 is 12.9.